The molecule has 0 spiro atoms. The Morgan fingerprint density at radius 3 is 2.78 bits per heavy atom. The fourth-order valence-corrected chi connectivity index (χ4v) is 3.21. The summed E-state index contributed by atoms with van der Waals surface area (Å²) in [6.45, 7) is 5.33. The number of nitrogen functional groups attached to an aromatic ring is 1. The van der Waals surface area contributed by atoms with Gasteiger partial charge in [0.2, 0.25) is 5.13 Å². The van der Waals surface area contributed by atoms with E-state index in [0.29, 0.717) is 11.7 Å². The second-order valence-corrected chi connectivity index (χ2v) is 6.66. The summed E-state index contributed by atoms with van der Waals surface area (Å²) < 4.78 is 0. The lowest BCUT2D eigenvalue weighted by Crippen LogP contribution is -2.19. The van der Waals surface area contributed by atoms with Crippen LogP contribution in [-0.4, -0.2) is 21.7 Å². The molecular formula is C16H19N5OS. The van der Waals surface area contributed by atoms with Crippen LogP contribution in [0.5, 0.6) is 0 Å². The summed E-state index contributed by atoms with van der Waals surface area (Å²) in [5, 5.41) is 13.3. The van der Waals surface area contributed by atoms with Crippen molar-refractivity contribution in [3.8, 4) is 0 Å². The molecule has 2 aromatic heterocycles. The van der Waals surface area contributed by atoms with Crippen molar-refractivity contribution in [1.29, 1.82) is 0 Å². The van der Waals surface area contributed by atoms with Gasteiger partial charge in [-0.2, -0.15) is 0 Å². The maximum absolute atomic E-state index is 12.4. The van der Waals surface area contributed by atoms with Crippen molar-refractivity contribution in [3.05, 3.63) is 50.3 Å². The molecule has 120 valence electrons. The zero-order chi connectivity index (χ0) is 16.4. The number of hydrogen-bond donors (Lipinski definition) is 3. The lowest BCUT2D eigenvalue weighted by Gasteiger charge is -2.09. The minimum absolute atomic E-state index is 0.0636. The number of benzene rings is 1. The lowest BCUT2D eigenvalue weighted by atomic mass is 10.0. The van der Waals surface area contributed by atoms with Gasteiger partial charge in [-0.3, -0.25) is 4.79 Å². The summed E-state index contributed by atoms with van der Waals surface area (Å²) in [6, 6.07) is 5.69. The van der Waals surface area contributed by atoms with Gasteiger partial charge in [0, 0.05) is 36.7 Å². The van der Waals surface area contributed by atoms with Crippen LogP contribution in [0, 0.1) is 13.8 Å². The number of nitrogens with one attached hydrogen (secondary N) is 2. The van der Waals surface area contributed by atoms with Gasteiger partial charge in [-0.25, -0.2) is 0 Å². The van der Waals surface area contributed by atoms with Crippen LogP contribution in [0.1, 0.15) is 21.8 Å². The Bertz CT molecular complexity index is 899. The monoisotopic (exact) mass is 329 g/mol. The van der Waals surface area contributed by atoms with E-state index in [9.17, 15) is 4.79 Å². The smallest absolute Gasteiger partial charge is 0.203 e. The second kappa shape index (κ2) is 6.47. The summed E-state index contributed by atoms with van der Waals surface area (Å²) in [4.78, 5) is 15.7. The number of anilines is 1. The molecule has 6 nitrogen and oxygen atoms in total. The van der Waals surface area contributed by atoms with E-state index in [-0.39, 0.29) is 5.43 Å². The number of pyridine rings is 1. The van der Waals surface area contributed by atoms with Crippen LogP contribution < -0.4 is 16.5 Å². The van der Waals surface area contributed by atoms with E-state index in [0.717, 1.165) is 45.7 Å². The summed E-state index contributed by atoms with van der Waals surface area (Å²) in [5.74, 6) is 0. The molecule has 4 N–H and O–H groups in total. The predicted molar refractivity (Wildman–Crippen MR) is 93.8 cm³/mol. The average molecular weight is 329 g/mol. The number of hydrogen-bond acceptors (Lipinski definition) is 6. The molecule has 0 atom stereocenters. The minimum Gasteiger partial charge on any atom is -0.374 e. The highest BCUT2D eigenvalue weighted by atomic mass is 32.1. The van der Waals surface area contributed by atoms with E-state index < -0.39 is 0 Å². The maximum atomic E-state index is 12.4. The van der Waals surface area contributed by atoms with Crippen molar-refractivity contribution in [2.75, 3.05) is 12.3 Å². The fraction of sp³-hybridized carbons (Fsp3) is 0.312. The van der Waals surface area contributed by atoms with Crippen molar-refractivity contribution in [1.82, 2.24) is 20.5 Å². The number of aromatic nitrogens is 3. The van der Waals surface area contributed by atoms with Crippen LogP contribution in [0.25, 0.3) is 10.9 Å². The number of fused-ring (bicyclic) bond motifs is 1. The van der Waals surface area contributed by atoms with Gasteiger partial charge in [0.1, 0.15) is 5.01 Å². The lowest BCUT2D eigenvalue weighted by molar-refractivity contribution is 0.672. The van der Waals surface area contributed by atoms with Crippen molar-refractivity contribution >= 4 is 27.4 Å². The molecule has 1 aromatic carbocycles. The van der Waals surface area contributed by atoms with Crippen LogP contribution in [-0.2, 0) is 13.0 Å². The Kier molecular flexibility index (Phi) is 4.40. The predicted octanol–water partition coefficient (Wildman–Crippen LogP) is 1.91. The summed E-state index contributed by atoms with van der Waals surface area (Å²) in [7, 11) is 0. The number of aryl methyl sites for hydroxylation is 2. The highest BCUT2D eigenvalue weighted by Crippen LogP contribution is 2.17. The van der Waals surface area contributed by atoms with Crippen LogP contribution in [0.15, 0.2) is 23.0 Å². The van der Waals surface area contributed by atoms with E-state index in [4.69, 9.17) is 5.73 Å². The number of nitrogens with two attached hydrogens (primary N) is 1. The van der Waals surface area contributed by atoms with Gasteiger partial charge >= 0.3 is 0 Å². The van der Waals surface area contributed by atoms with Crippen molar-refractivity contribution in [3.63, 3.8) is 0 Å². The van der Waals surface area contributed by atoms with Crippen LogP contribution in [0.4, 0.5) is 5.13 Å². The normalized spacial score (nSPS) is 11.2. The highest BCUT2D eigenvalue weighted by Gasteiger charge is 2.07. The fourth-order valence-electron chi connectivity index (χ4n) is 2.60. The third kappa shape index (κ3) is 3.40. The third-order valence-electron chi connectivity index (χ3n) is 3.77. The summed E-state index contributed by atoms with van der Waals surface area (Å²) in [5.41, 5.74) is 9.50. The van der Waals surface area contributed by atoms with Gasteiger partial charge in [0.25, 0.3) is 0 Å². The molecule has 0 amide bonds. The molecule has 3 aromatic rings. The van der Waals surface area contributed by atoms with Crippen molar-refractivity contribution in [2.45, 2.75) is 26.8 Å². The van der Waals surface area contributed by atoms with E-state index in [1.807, 2.05) is 26.0 Å². The highest BCUT2D eigenvalue weighted by molar-refractivity contribution is 7.15. The van der Waals surface area contributed by atoms with Gasteiger partial charge in [-0.1, -0.05) is 23.5 Å². The molecule has 7 heteroatoms. The first kappa shape index (κ1) is 15.6. The Morgan fingerprint density at radius 2 is 2.04 bits per heavy atom. The SMILES string of the molecule is Cc1ccc(C)c2c(=O)cc(CNCCc3nnc(N)s3)[nH]c12. The Balaban J connectivity index is 1.71. The average Bonchev–Trinajstić information content (AvgIpc) is 2.93. The Hall–Kier alpha value is -2.25. The van der Waals surface area contributed by atoms with E-state index in [1.165, 1.54) is 11.3 Å². The topological polar surface area (TPSA) is 96.7 Å². The maximum Gasteiger partial charge on any atom is 0.203 e. The first-order chi connectivity index (χ1) is 11.0. The molecule has 0 saturated carbocycles. The first-order valence-electron chi connectivity index (χ1n) is 7.45. The second-order valence-electron chi connectivity index (χ2n) is 5.57. The molecule has 0 aliphatic rings. The Labute approximate surface area is 137 Å². The summed E-state index contributed by atoms with van der Waals surface area (Å²) >= 11 is 1.40. The number of rotatable bonds is 5. The number of nitrogens with zero attached hydrogens (tertiary/aromatic N) is 2. The molecular weight excluding hydrogens is 310 g/mol. The van der Waals surface area contributed by atoms with Gasteiger partial charge < -0.3 is 16.0 Å². The molecule has 0 aliphatic heterocycles. The van der Waals surface area contributed by atoms with Crippen molar-refractivity contribution < 1.29 is 0 Å². The molecule has 0 aliphatic carbocycles. The zero-order valence-electron chi connectivity index (χ0n) is 13.1. The zero-order valence-corrected chi connectivity index (χ0v) is 14.0. The van der Waals surface area contributed by atoms with Crippen LogP contribution in [0.2, 0.25) is 0 Å². The molecule has 0 bridgehead atoms. The largest absolute Gasteiger partial charge is 0.374 e. The van der Waals surface area contributed by atoms with Gasteiger partial charge in [0.15, 0.2) is 5.43 Å². The molecule has 0 radical (unpaired) electrons. The van der Waals surface area contributed by atoms with E-state index >= 15 is 0 Å². The summed E-state index contributed by atoms with van der Waals surface area (Å²) in [6.07, 6.45) is 0.769. The van der Waals surface area contributed by atoms with Crippen molar-refractivity contribution in [2.24, 2.45) is 0 Å². The minimum atomic E-state index is 0.0636. The molecule has 0 fully saturated rings. The van der Waals surface area contributed by atoms with Gasteiger partial charge in [-0.15, -0.1) is 10.2 Å². The molecule has 0 unspecified atom stereocenters. The quantitative estimate of drug-likeness (QED) is 0.621. The Morgan fingerprint density at radius 1 is 1.26 bits per heavy atom. The standard InChI is InChI=1S/C16H19N5OS/c1-9-3-4-10(2)15-14(9)12(22)7-11(19-15)8-18-6-5-13-20-21-16(17)23-13/h3-4,7,18H,5-6,8H2,1-2H3,(H2,17,21)(H,19,22). The third-order valence-corrected chi connectivity index (χ3v) is 4.59. The first-order valence-corrected chi connectivity index (χ1v) is 8.27. The van der Waals surface area contributed by atoms with Crippen LogP contribution in [0.3, 0.4) is 0 Å². The van der Waals surface area contributed by atoms with E-state index in [1.54, 1.807) is 6.07 Å². The molecule has 23 heavy (non-hydrogen) atoms. The van der Waals surface area contributed by atoms with Gasteiger partial charge in [0.05, 0.1) is 5.52 Å². The van der Waals surface area contributed by atoms with Gasteiger partial charge in [-0.05, 0) is 25.0 Å². The number of H-pyrrole nitrogens is 1. The molecule has 3 rings (SSSR count). The van der Waals surface area contributed by atoms with E-state index in [2.05, 4.69) is 20.5 Å². The molecule has 0 saturated heterocycles. The number of aromatic amines is 1. The van der Waals surface area contributed by atoms with Crippen LogP contribution >= 0.6 is 11.3 Å². The molecule has 2 heterocycles.